The number of para-hydroxylation sites is 1. The molecule has 3 aromatic carbocycles. The van der Waals surface area contributed by atoms with Crippen molar-refractivity contribution in [3.63, 3.8) is 0 Å². The number of nitrogens with one attached hydrogen (secondary N) is 1. The maximum atomic E-state index is 12.7. The van der Waals surface area contributed by atoms with Crippen LogP contribution in [0.2, 0.25) is 0 Å². The van der Waals surface area contributed by atoms with E-state index < -0.39 is 0 Å². The lowest BCUT2D eigenvalue weighted by atomic mass is 10.0. The molecule has 4 rings (SSSR count). The van der Waals surface area contributed by atoms with Gasteiger partial charge in [0.1, 0.15) is 0 Å². The molecule has 0 fully saturated rings. The van der Waals surface area contributed by atoms with E-state index in [-0.39, 0.29) is 5.91 Å². The van der Waals surface area contributed by atoms with Crippen LogP contribution in [0.3, 0.4) is 0 Å². The predicted molar refractivity (Wildman–Crippen MR) is 108 cm³/mol. The van der Waals surface area contributed by atoms with E-state index in [1.165, 1.54) is 0 Å². The Balaban J connectivity index is 1.51. The molecule has 0 radical (unpaired) electrons. The lowest BCUT2D eigenvalue weighted by Gasteiger charge is -2.12. The maximum Gasteiger partial charge on any atom is 0.255 e. The molecule has 1 amide bonds. The van der Waals surface area contributed by atoms with Crippen molar-refractivity contribution in [2.45, 2.75) is 6.54 Å². The highest BCUT2D eigenvalue weighted by molar-refractivity contribution is 6.06. The summed E-state index contributed by atoms with van der Waals surface area (Å²) >= 11 is 0. The van der Waals surface area contributed by atoms with Crippen molar-refractivity contribution in [1.82, 2.24) is 9.78 Å². The Morgan fingerprint density at radius 1 is 0.852 bits per heavy atom. The van der Waals surface area contributed by atoms with Gasteiger partial charge >= 0.3 is 0 Å². The first-order valence-electron chi connectivity index (χ1n) is 8.82. The van der Waals surface area contributed by atoms with Gasteiger partial charge in [-0.3, -0.25) is 9.48 Å². The Labute approximate surface area is 158 Å². The van der Waals surface area contributed by atoms with Gasteiger partial charge in [-0.2, -0.15) is 5.10 Å². The van der Waals surface area contributed by atoms with Gasteiger partial charge < -0.3 is 5.32 Å². The molecule has 1 N–H and O–H groups in total. The highest BCUT2D eigenvalue weighted by Gasteiger charge is 2.10. The van der Waals surface area contributed by atoms with E-state index in [4.69, 9.17) is 0 Å². The summed E-state index contributed by atoms with van der Waals surface area (Å²) in [5.74, 6) is -0.121. The Hall–Kier alpha value is -3.66. The van der Waals surface area contributed by atoms with Crippen molar-refractivity contribution in [3.8, 4) is 11.1 Å². The third-order valence-corrected chi connectivity index (χ3v) is 4.38. The quantitative estimate of drug-likeness (QED) is 0.557. The number of amides is 1. The van der Waals surface area contributed by atoms with Gasteiger partial charge in [0.05, 0.1) is 6.54 Å². The van der Waals surface area contributed by atoms with Gasteiger partial charge in [0.15, 0.2) is 0 Å². The Bertz CT molecular complexity index is 1020. The van der Waals surface area contributed by atoms with Crippen molar-refractivity contribution in [2.75, 3.05) is 5.32 Å². The summed E-state index contributed by atoms with van der Waals surface area (Å²) < 4.78 is 1.85. The molecule has 0 saturated heterocycles. The molecule has 4 heteroatoms. The molecule has 0 aliphatic heterocycles. The van der Waals surface area contributed by atoms with Gasteiger partial charge in [-0.05, 0) is 35.4 Å². The van der Waals surface area contributed by atoms with E-state index in [1.807, 2.05) is 95.8 Å². The smallest absolute Gasteiger partial charge is 0.255 e. The van der Waals surface area contributed by atoms with Gasteiger partial charge in [-0.25, -0.2) is 0 Å². The third-order valence-electron chi connectivity index (χ3n) is 4.38. The summed E-state index contributed by atoms with van der Waals surface area (Å²) in [6.07, 6.45) is 3.67. The lowest BCUT2D eigenvalue weighted by Crippen LogP contribution is -2.12. The van der Waals surface area contributed by atoms with Crippen LogP contribution < -0.4 is 5.32 Å². The van der Waals surface area contributed by atoms with Gasteiger partial charge in [0.2, 0.25) is 0 Å². The van der Waals surface area contributed by atoms with Gasteiger partial charge in [0, 0.05) is 29.2 Å². The van der Waals surface area contributed by atoms with Crippen LogP contribution in [0.4, 0.5) is 5.69 Å². The zero-order chi connectivity index (χ0) is 18.5. The topological polar surface area (TPSA) is 46.9 Å². The lowest BCUT2D eigenvalue weighted by molar-refractivity contribution is 0.102. The number of carbonyl (C=O) groups is 1. The number of benzene rings is 3. The van der Waals surface area contributed by atoms with E-state index in [9.17, 15) is 4.79 Å². The van der Waals surface area contributed by atoms with Crippen molar-refractivity contribution in [1.29, 1.82) is 0 Å². The minimum atomic E-state index is -0.121. The molecule has 0 bridgehead atoms. The second kappa shape index (κ2) is 7.70. The standard InChI is InChI=1S/C23H19N3O/c27-23(20-13-11-18(12-14-20)17-26-16-6-15-24-26)25-22-10-5-4-9-21(22)19-7-2-1-3-8-19/h1-16H,17H2,(H,25,27). The molecule has 0 saturated carbocycles. The van der Waals surface area contributed by atoms with Crippen LogP contribution in [-0.2, 0) is 6.54 Å². The fraction of sp³-hybridized carbons (Fsp3) is 0.0435. The molecule has 0 atom stereocenters. The van der Waals surface area contributed by atoms with E-state index >= 15 is 0 Å². The zero-order valence-electron chi connectivity index (χ0n) is 14.7. The Morgan fingerprint density at radius 2 is 1.59 bits per heavy atom. The number of anilines is 1. The Kier molecular flexibility index (Phi) is 4.79. The molecule has 132 valence electrons. The number of hydrogen-bond donors (Lipinski definition) is 1. The summed E-state index contributed by atoms with van der Waals surface area (Å²) in [4.78, 5) is 12.7. The first-order chi connectivity index (χ1) is 13.3. The minimum Gasteiger partial charge on any atom is -0.321 e. The summed E-state index contributed by atoms with van der Waals surface area (Å²) in [6, 6.07) is 27.4. The number of rotatable bonds is 5. The van der Waals surface area contributed by atoms with Gasteiger partial charge in [0.25, 0.3) is 5.91 Å². The summed E-state index contributed by atoms with van der Waals surface area (Å²) in [6.45, 7) is 0.686. The first-order valence-corrected chi connectivity index (χ1v) is 8.82. The molecule has 1 aromatic heterocycles. The highest BCUT2D eigenvalue weighted by atomic mass is 16.1. The molecule has 1 heterocycles. The molecule has 27 heavy (non-hydrogen) atoms. The fourth-order valence-electron chi connectivity index (χ4n) is 3.00. The zero-order valence-corrected chi connectivity index (χ0v) is 14.7. The fourth-order valence-corrected chi connectivity index (χ4v) is 3.00. The summed E-state index contributed by atoms with van der Waals surface area (Å²) in [5.41, 5.74) is 4.60. The molecular weight excluding hydrogens is 334 g/mol. The van der Waals surface area contributed by atoms with E-state index in [1.54, 1.807) is 6.20 Å². The maximum absolute atomic E-state index is 12.7. The highest BCUT2D eigenvalue weighted by Crippen LogP contribution is 2.27. The number of aromatic nitrogens is 2. The van der Waals surface area contributed by atoms with Crippen LogP contribution in [0.15, 0.2) is 97.3 Å². The Morgan fingerprint density at radius 3 is 2.33 bits per heavy atom. The molecule has 0 aliphatic carbocycles. The molecular formula is C23H19N3O. The van der Waals surface area contributed by atoms with Crippen molar-refractivity contribution >= 4 is 11.6 Å². The normalized spacial score (nSPS) is 10.5. The average Bonchev–Trinajstić information content (AvgIpc) is 3.23. The van der Waals surface area contributed by atoms with Gasteiger partial charge in [-0.15, -0.1) is 0 Å². The third kappa shape index (κ3) is 3.96. The number of hydrogen-bond acceptors (Lipinski definition) is 2. The largest absolute Gasteiger partial charge is 0.321 e. The predicted octanol–water partition coefficient (Wildman–Crippen LogP) is 4.85. The SMILES string of the molecule is O=C(Nc1ccccc1-c1ccccc1)c1ccc(Cn2cccn2)cc1. The summed E-state index contributed by atoms with van der Waals surface area (Å²) in [7, 11) is 0. The van der Waals surface area contributed by atoms with Crippen molar-refractivity contribution in [3.05, 3.63) is 108 Å². The van der Waals surface area contributed by atoms with Crippen molar-refractivity contribution < 1.29 is 4.79 Å². The van der Waals surface area contributed by atoms with E-state index in [2.05, 4.69) is 10.4 Å². The van der Waals surface area contributed by atoms with Crippen LogP contribution in [0.1, 0.15) is 15.9 Å². The monoisotopic (exact) mass is 353 g/mol. The molecule has 4 aromatic rings. The van der Waals surface area contributed by atoms with Crippen LogP contribution >= 0.6 is 0 Å². The molecule has 0 unspecified atom stereocenters. The van der Waals surface area contributed by atoms with Gasteiger partial charge in [-0.1, -0.05) is 60.7 Å². The first kappa shape index (κ1) is 16.8. The van der Waals surface area contributed by atoms with Crippen LogP contribution in [0.5, 0.6) is 0 Å². The van der Waals surface area contributed by atoms with Crippen LogP contribution in [0, 0.1) is 0 Å². The molecule has 0 spiro atoms. The molecule has 0 aliphatic rings. The van der Waals surface area contributed by atoms with Crippen LogP contribution in [0.25, 0.3) is 11.1 Å². The van der Waals surface area contributed by atoms with Crippen LogP contribution in [-0.4, -0.2) is 15.7 Å². The number of nitrogens with zero attached hydrogens (tertiary/aromatic N) is 2. The van der Waals surface area contributed by atoms with Crippen molar-refractivity contribution in [2.24, 2.45) is 0 Å². The average molecular weight is 353 g/mol. The second-order valence-electron chi connectivity index (χ2n) is 6.27. The van der Waals surface area contributed by atoms with E-state index in [0.717, 1.165) is 22.4 Å². The molecule has 4 nitrogen and oxygen atoms in total. The number of carbonyl (C=O) groups excluding carboxylic acids is 1. The second-order valence-corrected chi connectivity index (χ2v) is 6.27. The minimum absolute atomic E-state index is 0.121. The van der Waals surface area contributed by atoms with E-state index in [0.29, 0.717) is 12.1 Å². The summed E-state index contributed by atoms with van der Waals surface area (Å²) in [5, 5.41) is 7.23.